The van der Waals surface area contributed by atoms with Gasteiger partial charge in [-0.15, -0.1) is 5.10 Å². The van der Waals surface area contributed by atoms with Crippen LogP contribution in [0, 0.1) is 0 Å². The van der Waals surface area contributed by atoms with E-state index < -0.39 is 5.54 Å². The van der Waals surface area contributed by atoms with Crippen LogP contribution in [0.2, 0.25) is 5.15 Å². The Labute approximate surface area is 332 Å². The molecule has 0 fully saturated rings. The van der Waals surface area contributed by atoms with E-state index in [2.05, 4.69) is 137 Å². The predicted octanol–water partition coefficient (Wildman–Crippen LogP) is 10.2. The first kappa shape index (κ1) is 36.7. The maximum Gasteiger partial charge on any atom is 0.184 e. The van der Waals surface area contributed by atoms with Crippen LogP contribution in [0.5, 0.6) is 0 Å². The van der Waals surface area contributed by atoms with Gasteiger partial charge in [-0.05, 0) is 68.4 Å². The molecule has 0 N–H and O–H groups in total. The highest BCUT2D eigenvalue weighted by Crippen LogP contribution is 2.43. The first-order chi connectivity index (χ1) is 27.7. The topological polar surface area (TPSA) is 83.5 Å². The number of ether oxygens (including phenoxy) is 1. The highest BCUT2D eigenvalue weighted by Gasteiger charge is 2.42. The molecule has 9 heteroatoms. The summed E-state index contributed by atoms with van der Waals surface area (Å²) in [4.78, 5) is 9.27. The van der Waals surface area contributed by atoms with Gasteiger partial charge in [-0.25, -0.2) is 9.67 Å². The Bertz CT molecular complexity index is 2370. The van der Waals surface area contributed by atoms with Crippen molar-refractivity contribution in [2.24, 2.45) is 0 Å². The summed E-state index contributed by atoms with van der Waals surface area (Å²) in [5.74, 6) is 1.57. The zero-order chi connectivity index (χ0) is 38.2. The fourth-order valence-electron chi connectivity index (χ4n) is 7.50. The number of halogens is 1. The van der Waals surface area contributed by atoms with Gasteiger partial charge in [0.25, 0.3) is 0 Å². The first-order valence-corrected chi connectivity index (χ1v) is 19.4. The summed E-state index contributed by atoms with van der Waals surface area (Å²) in [6, 6.07) is 54.2. The molecule has 0 bridgehead atoms. The SMILES string of the molecule is CCCCc1nc(Cl)c(COCc2ccccn2)n1Cc1ccc(-c2ccccc2)c(-c2nnnn2C(c2ccccc2)(c2ccccc2)c2ccccc2)c1. The second kappa shape index (κ2) is 17.1. The Morgan fingerprint density at radius 2 is 1.30 bits per heavy atom. The molecule has 3 heterocycles. The Kier molecular flexibility index (Phi) is 11.2. The molecule has 8 nitrogen and oxygen atoms in total. The summed E-state index contributed by atoms with van der Waals surface area (Å²) in [6.07, 6.45) is 4.61. The maximum atomic E-state index is 6.88. The molecule has 0 aliphatic carbocycles. The smallest absolute Gasteiger partial charge is 0.184 e. The molecule has 0 amide bonds. The summed E-state index contributed by atoms with van der Waals surface area (Å²) >= 11 is 6.88. The fourth-order valence-corrected chi connectivity index (χ4v) is 7.76. The van der Waals surface area contributed by atoms with E-state index in [4.69, 9.17) is 31.6 Å². The van der Waals surface area contributed by atoms with E-state index in [1.54, 1.807) is 6.20 Å². The predicted molar refractivity (Wildman–Crippen MR) is 221 cm³/mol. The second-order valence-corrected chi connectivity index (χ2v) is 14.1. The van der Waals surface area contributed by atoms with Crippen molar-refractivity contribution in [3.63, 3.8) is 0 Å². The van der Waals surface area contributed by atoms with Gasteiger partial charge in [0.2, 0.25) is 0 Å². The first-order valence-electron chi connectivity index (χ1n) is 19.0. The molecule has 5 aromatic carbocycles. The molecular formula is C47H42ClN7O. The molecule has 8 aromatic rings. The third-order valence-electron chi connectivity index (χ3n) is 10.2. The van der Waals surface area contributed by atoms with Gasteiger partial charge in [0, 0.05) is 24.7 Å². The molecule has 0 unspecified atom stereocenters. The number of imidazole rings is 1. The number of aromatic nitrogens is 7. The molecule has 0 saturated heterocycles. The van der Waals surface area contributed by atoms with Gasteiger partial charge in [0.05, 0.1) is 24.6 Å². The summed E-state index contributed by atoms with van der Waals surface area (Å²) in [5.41, 5.74) is 7.92. The second-order valence-electron chi connectivity index (χ2n) is 13.7. The van der Waals surface area contributed by atoms with Crippen LogP contribution in [-0.2, 0) is 36.5 Å². The van der Waals surface area contributed by atoms with E-state index >= 15 is 0 Å². The molecule has 3 aromatic heterocycles. The molecule has 0 spiro atoms. The van der Waals surface area contributed by atoms with Crippen LogP contribution in [0.4, 0.5) is 0 Å². The zero-order valence-corrected chi connectivity index (χ0v) is 32.0. The quantitative estimate of drug-likeness (QED) is 0.0969. The van der Waals surface area contributed by atoms with E-state index in [1.807, 2.05) is 47.1 Å². The number of pyridine rings is 1. The minimum Gasteiger partial charge on any atom is -0.369 e. The lowest BCUT2D eigenvalue weighted by atomic mass is 9.77. The van der Waals surface area contributed by atoms with Gasteiger partial charge < -0.3 is 9.30 Å². The van der Waals surface area contributed by atoms with Crippen molar-refractivity contribution in [2.45, 2.75) is 51.5 Å². The highest BCUT2D eigenvalue weighted by molar-refractivity contribution is 6.30. The van der Waals surface area contributed by atoms with Gasteiger partial charge >= 0.3 is 0 Å². The normalized spacial score (nSPS) is 11.5. The van der Waals surface area contributed by atoms with Crippen LogP contribution in [0.25, 0.3) is 22.5 Å². The summed E-state index contributed by atoms with van der Waals surface area (Å²) in [7, 11) is 0. The maximum absolute atomic E-state index is 6.88. The molecule has 0 radical (unpaired) electrons. The van der Waals surface area contributed by atoms with Crippen LogP contribution < -0.4 is 0 Å². The van der Waals surface area contributed by atoms with Crippen LogP contribution in [0.15, 0.2) is 164 Å². The molecule has 0 saturated carbocycles. The zero-order valence-electron chi connectivity index (χ0n) is 31.2. The van der Waals surface area contributed by atoms with Crippen molar-refractivity contribution in [1.82, 2.24) is 34.7 Å². The molecule has 0 atom stereocenters. The van der Waals surface area contributed by atoms with E-state index in [0.29, 0.717) is 30.7 Å². The Hall–Kier alpha value is -6.22. The molecule has 8 rings (SSSR count). The molecular weight excluding hydrogens is 714 g/mol. The summed E-state index contributed by atoms with van der Waals surface area (Å²) in [5, 5.41) is 14.6. The molecule has 0 aliphatic heterocycles. The summed E-state index contributed by atoms with van der Waals surface area (Å²) in [6.45, 7) is 3.39. The van der Waals surface area contributed by atoms with Crippen LogP contribution in [0.1, 0.15) is 59.2 Å². The largest absolute Gasteiger partial charge is 0.369 e. The van der Waals surface area contributed by atoms with E-state index in [9.17, 15) is 0 Å². The van der Waals surface area contributed by atoms with Gasteiger partial charge in [-0.1, -0.05) is 164 Å². The van der Waals surface area contributed by atoms with Crippen LogP contribution >= 0.6 is 11.6 Å². The third kappa shape index (κ3) is 7.41. The fraction of sp³-hybridized carbons (Fsp3) is 0.170. The van der Waals surface area contributed by atoms with E-state index in [0.717, 1.165) is 75.4 Å². The highest BCUT2D eigenvalue weighted by atomic mass is 35.5. The summed E-state index contributed by atoms with van der Waals surface area (Å²) < 4.78 is 10.4. The van der Waals surface area contributed by atoms with Crippen molar-refractivity contribution in [3.8, 4) is 22.5 Å². The molecule has 0 aliphatic rings. The Morgan fingerprint density at radius 1 is 0.679 bits per heavy atom. The Balaban J connectivity index is 1.29. The van der Waals surface area contributed by atoms with Gasteiger partial charge in [0.15, 0.2) is 11.0 Å². The number of tetrazole rings is 1. The number of hydrogen-bond donors (Lipinski definition) is 0. The average Bonchev–Trinajstić information content (AvgIpc) is 3.86. The average molecular weight is 756 g/mol. The van der Waals surface area contributed by atoms with E-state index in [1.165, 1.54) is 0 Å². The molecule has 56 heavy (non-hydrogen) atoms. The van der Waals surface area contributed by atoms with Gasteiger partial charge in [-0.3, -0.25) is 4.98 Å². The monoisotopic (exact) mass is 755 g/mol. The van der Waals surface area contributed by atoms with Gasteiger partial charge in [0.1, 0.15) is 11.4 Å². The van der Waals surface area contributed by atoms with Crippen LogP contribution in [-0.4, -0.2) is 34.7 Å². The van der Waals surface area contributed by atoms with Crippen molar-refractivity contribution in [1.29, 1.82) is 0 Å². The number of unbranched alkanes of at least 4 members (excludes halogenated alkanes) is 1. The van der Waals surface area contributed by atoms with Crippen molar-refractivity contribution in [2.75, 3.05) is 0 Å². The number of hydrogen-bond acceptors (Lipinski definition) is 6. The van der Waals surface area contributed by atoms with E-state index in [-0.39, 0.29) is 0 Å². The lowest BCUT2D eigenvalue weighted by Crippen LogP contribution is -2.39. The number of aryl methyl sites for hydroxylation is 1. The van der Waals surface area contributed by atoms with Crippen molar-refractivity contribution < 1.29 is 4.74 Å². The van der Waals surface area contributed by atoms with Crippen molar-refractivity contribution >= 4 is 11.6 Å². The number of rotatable bonds is 15. The number of benzene rings is 5. The Morgan fingerprint density at radius 3 is 1.91 bits per heavy atom. The minimum absolute atomic E-state index is 0.301. The standard InChI is InChI=1S/C47H42ClN7O/c1-2-3-27-44-50-45(48)43(34-56-33-40-26-16-17-30-49-40)54(44)32-35-28-29-41(36-18-8-4-9-19-36)42(31-35)46-51-52-53-55(46)47(37-20-10-5-11-21-37,38-22-12-6-13-23-38)39-24-14-7-15-25-39/h4-26,28-31H,2-3,27,32-34H2,1H3. The third-order valence-corrected chi connectivity index (χ3v) is 10.5. The lowest BCUT2D eigenvalue weighted by molar-refractivity contribution is 0.0997. The van der Waals surface area contributed by atoms with Crippen LogP contribution in [0.3, 0.4) is 0 Å². The lowest BCUT2D eigenvalue weighted by Gasteiger charge is -2.36. The molecule has 278 valence electrons. The minimum atomic E-state index is -0.907. The van der Waals surface area contributed by atoms with Crippen molar-refractivity contribution in [3.05, 3.63) is 209 Å². The number of nitrogens with zero attached hydrogens (tertiary/aromatic N) is 7. The van der Waals surface area contributed by atoms with Gasteiger partial charge in [-0.2, -0.15) is 0 Å².